The average molecular weight is 300 g/mol. The molecule has 0 saturated carbocycles. The molecular formula is C20H32N2. The molecule has 0 N–H and O–H groups in total. The van der Waals surface area contributed by atoms with E-state index in [0.29, 0.717) is 5.41 Å². The van der Waals surface area contributed by atoms with Crippen molar-refractivity contribution in [2.45, 2.75) is 67.3 Å². The lowest BCUT2D eigenvalue weighted by Gasteiger charge is -2.41. The molecule has 0 aliphatic carbocycles. The molecule has 0 radical (unpaired) electrons. The van der Waals surface area contributed by atoms with Crippen molar-refractivity contribution >= 4 is 5.69 Å². The Morgan fingerprint density at radius 3 is 1.95 bits per heavy atom. The molecular weight excluding hydrogens is 268 g/mol. The third-order valence-electron chi connectivity index (χ3n) is 4.39. The standard InChI is InChI=1S/C20H32N2/c1-15-11-16(2)18(17(3)12-15)21-9-10-22(14-21)20(7,8)13-19(4,5)6/h9-12H,13-14H2,1-8H3. The molecule has 2 rings (SSSR count). The van der Waals surface area contributed by atoms with Gasteiger partial charge in [-0.05, 0) is 57.6 Å². The van der Waals surface area contributed by atoms with E-state index in [0.717, 1.165) is 6.67 Å². The van der Waals surface area contributed by atoms with Crippen LogP contribution in [0.15, 0.2) is 24.5 Å². The molecule has 1 aromatic rings. The molecule has 0 atom stereocenters. The van der Waals surface area contributed by atoms with Crippen LogP contribution in [-0.2, 0) is 0 Å². The summed E-state index contributed by atoms with van der Waals surface area (Å²) in [5, 5.41) is 0. The maximum Gasteiger partial charge on any atom is 0.0947 e. The summed E-state index contributed by atoms with van der Waals surface area (Å²) in [5.41, 5.74) is 5.91. The molecule has 0 amide bonds. The number of rotatable bonds is 3. The summed E-state index contributed by atoms with van der Waals surface area (Å²) in [5.74, 6) is 0. The Hall–Kier alpha value is -1.44. The number of hydrogen-bond donors (Lipinski definition) is 0. The summed E-state index contributed by atoms with van der Waals surface area (Å²) in [6.45, 7) is 19.2. The van der Waals surface area contributed by atoms with Crippen LogP contribution in [0.3, 0.4) is 0 Å². The van der Waals surface area contributed by atoms with E-state index in [1.807, 2.05) is 0 Å². The predicted molar refractivity (Wildman–Crippen MR) is 97.1 cm³/mol. The Labute approximate surface area is 136 Å². The SMILES string of the molecule is Cc1cc(C)c(N2C=CN(C(C)(C)CC(C)(C)C)C2)c(C)c1. The van der Waals surface area contributed by atoms with E-state index in [1.165, 1.54) is 28.8 Å². The quantitative estimate of drug-likeness (QED) is 0.739. The predicted octanol–water partition coefficient (Wildman–Crippen LogP) is 5.38. The normalized spacial score (nSPS) is 15.8. The summed E-state index contributed by atoms with van der Waals surface area (Å²) in [7, 11) is 0. The minimum atomic E-state index is 0.163. The van der Waals surface area contributed by atoms with Gasteiger partial charge in [0.1, 0.15) is 0 Å². The second kappa shape index (κ2) is 5.64. The molecule has 1 aliphatic heterocycles. The second-order valence-electron chi connectivity index (χ2n) is 8.68. The third kappa shape index (κ3) is 3.66. The van der Waals surface area contributed by atoms with Gasteiger partial charge >= 0.3 is 0 Å². The maximum atomic E-state index is 2.47. The molecule has 1 aliphatic rings. The maximum absolute atomic E-state index is 2.47. The van der Waals surface area contributed by atoms with Gasteiger partial charge in [0.15, 0.2) is 0 Å². The van der Waals surface area contributed by atoms with Crippen molar-refractivity contribution in [3.8, 4) is 0 Å². The first-order valence-corrected chi connectivity index (χ1v) is 8.29. The summed E-state index contributed by atoms with van der Waals surface area (Å²) in [4.78, 5) is 4.85. The topological polar surface area (TPSA) is 6.48 Å². The number of benzene rings is 1. The zero-order chi connectivity index (χ0) is 16.7. The van der Waals surface area contributed by atoms with E-state index in [-0.39, 0.29) is 5.54 Å². The Kier molecular flexibility index (Phi) is 4.34. The number of aryl methyl sites for hydroxylation is 3. The fraction of sp³-hybridized carbons (Fsp3) is 0.600. The molecule has 1 aromatic carbocycles. The molecule has 0 spiro atoms. The Morgan fingerprint density at radius 1 is 0.909 bits per heavy atom. The largest absolute Gasteiger partial charge is 0.353 e. The average Bonchev–Trinajstić information content (AvgIpc) is 2.73. The van der Waals surface area contributed by atoms with Gasteiger partial charge in [-0.15, -0.1) is 0 Å². The molecule has 0 bridgehead atoms. The second-order valence-corrected chi connectivity index (χ2v) is 8.68. The Balaban J connectivity index is 2.19. The molecule has 1 heterocycles. The highest BCUT2D eigenvalue weighted by atomic mass is 15.4. The van der Waals surface area contributed by atoms with E-state index < -0.39 is 0 Å². The lowest BCUT2D eigenvalue weighted by molar-refractivity contribution is 0.133. The number of hydrogen-bond acceptors (Lipinski definition) is 2. The lowest BCUT2D eigenvalue weighted by atomic mass is 9.81. The van der Waals surface area contributed by atoms with Crippen molar-refractivity contribution < 1.29 is 0 Å². The Bertz CT molecular complexity index is 553. The lowest BCUT2D eigenvalue weighted by Crippen LogP contribution is -2.44. The van der Waals surface area contributed by atoms with E-state index in [9.17, 15) is 0 Å². The van der Waals surface area contributed by atoms with Crippen molar-refractivity contribution in [1.82, 2.24) is 4.90 Å². The molecule has 0 fully saturated rings. The van der Waals surface area contributed by atoms with Crippen LogP contribution in [0.25, 0.3) is 0 Å². The van der Waals surface area contributed by atoms with Gasteiger partial charge in [0.05, 0.1) is 6.67 Å². The molecule has 2 nitrogen and oxygen atoms in total. The van der Waals surface area contributed by atoms with Crippen LogP contribution >= 0.6 is 0 Å². The molecule has 122 valence electrons. The van der Waals surface area contributed by atoms with E-state index in [2.05, 4.69) is 89.7 Å². The number of anilines is 1. The molecule has 0 aromatic heterocycles. The highest BCUT2D eigenvalue weighted by Crippen LogP contribution is 2.35. The molecule has 0 unspecified atom stereocenters. The van der Waals surface area contributed by atoms with Crippen molar-refractivity contribution in [2.24, 2.45) is 5.41 Å². The van der Waals surface area contributed by atoms with Gasteiger partial charge in [-0.1, -0.05) is 38.5 Å². The van der Waals surface area contributed by atoms with E-state index in [4.69, 9.17) is 0 Å². The van der Waals surface area contributed by atoms with Crippen molar-refractivity contribution in [1.29, 1.82) is 0 Å². The van der Waals surface area contributed by atoms with Gasteiger partial charge in [-0.25, -0.2) is 0 Å². The first kappa shape index (κ1) is 16.9. The minimum absolute atomic E-state index is 0.163. The van der Waals surface area contributed by atoms with Crippen LogP contribution in [-0.4, -0.2) is 17.1 Å². The van der Waals surface area contributed by atoms with Gasteiger partial charge in [0.25, 0.3) is 0 Å². The Morgan fingerprint density at radius 2 is 1.45 bits per heavy atom. The van der Waals surface area contributed by atoms with Crippen molar-refractivity contribution in [3.63, 3.8) is 0 Å². The van der Waals surface area contributed by atoms with Gasteiger partial charge in [0, 0.05) is 23.6 Å². The van der Waals surface area contributed by atoms with E-state index >= 15 is 0 Å². The van der Waals surface area contributed by atoms with Gasteiger partial charge in [-0.3, -0.25) is 0 Å². The fourth-order valence-corrected chi connectivity index (χ4v) is 3.98. The van der Waals surface area contributed by atoms with Crippen LogP contribution in [0.2, 0.25) is 0 Å². The van der Waals surface area contributed by atoms with Crippen LogP contribution < -0.4 is 4.90 Å². The van der Waals surface area contributed by atoms with Gasteiger partial charge in [0.2, 0.25) is 0 Å². The van der Waals surface area contributed by atoms with Crippen LogP contribution in [0.4, 0.5) is 5.69 Å². The highest BCUT2D eigenvalue weighted by Gasteiger charge is 2.33. The minimum Gasteiger partial charge on any atom is -0.353 e. The fourth-order valence-electron chi connectivity index (χ4n) is 3.98. The highest BCUT2D eigenvalue weighted by molar-refractivity contribution is 5.62. The smallest absolute Gasteiger partial charge is 0.0947 e. The van der Waals surface area contributed by atoms with E-state index in [1.54, 1.807) is 0 Å². The summed E-state index contributed by atoms with van der Waals surface area (Å²) in [6.07, 6.45) is 5.66. The first-order valence-electron chi connectivity index (χ1n) is 8.29. The number of nitrogens with zero attached hydrogens (tertiary/aromatic N) is 2. The summed E-state index contributed by atoms with van der Waals surface area (Å²) >= 11 is 0. The zero-order valence-electron chi connectivity index (χ0n) is 15.6. The van der Waals surface area contributed by atoms with Crippen LogP contribution in [0.5, 0.6) is 0 Å². The molecule has 22 heavy (non-hydrogen) atoms. The summed E-state index contributed by atoms with van der Waals surface area (Å²) < 4.78 is 0. The van der Waals surface area contributed by atoms with Crippen molar-refractivity contribution in [3.05, 3.63) is 41.2 Å². The zero-order valence-corrected chi connectivity index (χ0v) is 15.6. The molecule has 2 heteroatoms. The van der Waals surface area contributed by atoms with Crippen LogP contribution in [0.1, 0.15) is 57.7 Å². The van der Waals surface area contributed by atoms with Crippen molar-refractivity contribution in [2.75, 3.05) is 11.6 Å². The summed E-state index contributed by atoms with van der Waals surface area (Å²) in [6, 6.07) is 4.55. The third-order valence-corrected chi connectivity index (χ3v) is 4.39. The monoisotopic (exact) mass is 300 g/mol. The van der Waals surface area contributed by atoms with Crippen LogP contribution in [0, 0.1) is 26.2 Å². The van der Waals surface area contributed by atoms with Gasteiger partial charge in [-0.2, -0.15) is 0 Å². The van der Waals surface area contributed by atoms with Gasteiger partial charge < -0.3 is 9.80 Å². The molecule has 0 saturated heterocycles. The first-order chi connectivity index (χ1) is 9.99.